The molecule has 3 rings (SSSR count). The Bertz CT molecular complexity index is 1090. The van der Waals surface area contributed by atoms with Crippen LogP contribution in [0.2, 0.25) is 0 Å². The number of nitrogens with zero attached hydrogens (tertiary/aromatic N) is 1. The number of pyridine rings is 1. The minimum atomic E-state index is -3.72. The highest BCUT2D eigenvalue weighted by Gasteiger charge is 2.22. The lowest BCUT2D eigenvalue weighted by molar-refractivity contribution is -0.118. The summed E-state index contributed by atoms with van der Waals surface area (Å²) in [6, 6.07) is 15.7. The standard InChI is InChI=1S/C20H21N3O4S/c1-14(13-28(25,26)23-16-8-4-9-17(12-16)27-2)20(24)22-18-10-3-6-15-7-5-11-21-19(15)18/h3-12,14,23H,13H2,1-2H3,(H,22,24). The van der Waals surface area contributed by atoms with Crippen LogP contribution in [-0.2, 0) is 14.8 Å². The van der Waals surface area contributed by atoms with Crippen molar-refractivity contribution in [2.24, 2.45) is 5.92 Å². The van der Waals surface area contributed by atoms with E-state index in [2.05, 4.69) is 15.0 Å². The highest BCUT2D eigenvalue weighted by molar-refractivity contribution is 7.92. The number of hydrogen-bond acceptors (Lipinski definition) is 5. The fourth-order valence-corrected chi connectivity index (χ4v) is 4.15. The summed E-state index contributed by atoms with van der Waals surface area (Å²) >= 11 is 0. The van der Waals surface area contributed by atoms with Crippen molar-refractivity contribution in [3.8, 4) is 5.75 Å². The van der Waals surface area contributed by atoms with Crippen LogP contribution in [0.25, 0.3) is 10.9 Å². The Morgan fingerprint density at radius 1 is 1.14 bits per heavy atom. The number of amides is 1. The molecular formula is C20H21N3O4S. The molecule has 1 heterocycles. The first-order chi connectivity index (χ1) is 13.4. The quantitative estimate of drug-likeness (QED) is 0.636. The van der Waals surface area contributed by atoms with Crippen LogP contribution < -0.4 is 14.8 Å². The largest absolute Gasteiger partial charge is 0.497 e. The SMILES string of the molecule is COc1cccc(NS(=O)(=O)CC(C)C(=O)Nc2cccc3cccnc23)c1. The molecule has 2 aromatic carbocycles. The van der Waals surface area contributed by atoms with Gasteiger partial charge in [0.2, 0.25) is 15.9 Å². The zero-order valence-corrected chi connectivity index (χ0v) is 16.4. The van der Waals surface area contributed by atoms with Gasteiger partial charge in [-0.1, -0.05) is 31.2 Å². The molecule has 1 amide bonds. The van der Waals surface area contributed by atoms with E-state index in [1.54, 1.807) is 43.5 Å². The molecule has 28 heavy (non-hydrogen) atoms. The predicted molar refractivity (Wildman–Crippen MR) is 110 cm³/mol. The fourth-order valence-electron chi connectivity index (χ4n) is 2.77. The molecule has 0 aliphatic rings. The van der Waals surface area contributed by atoms with Crippen molar-refractivity contribution in [1.29, 1.82) is 0 Å². The van der Waals surface area contributed by atoms with Gasteiger partial charge in [0.1, 0.15) is 5.75 Å². The first kappa shape index (κ1) is 19.6. The van der Waals surface area contributed by atoms with E-state index in [1.165, 1.54) is 7.11 Å². The maximum absolute atomic E-state index is 12.5. The molecule has 146 valence electrons. The van der Waals surface area contributed by atoms with Gasteiger partial charge in [0.15, 0.2) is 0 Å². The molecule has 0 saturated heterocycles. The summed E-state index contributed by atoms with van der Waals surface area (Å²) in [6.45, 7) is 1.57. The van der Waals surface area contributed by atoms with Crippen molar-refractivity contribution in [3.63, 3.8) is 0 Å². The third-order valence-corrected chi connectivity index (χ3v) is 5.64. The van der Waals surface area contributed by atoms with Crippen LogP contribution in [-0.4, -0.2) is 32.2 Å². The van der Waals surface area contributed by atoms with Crippen molar-refractivity contribution in [1.82, 2.24) is 4.98 Å². The summed E-state index contributed by atoms with van der Waals surface area (Å²) in [5, 5.41) is 3.66. The van der Waals surface area contributed by atoms with E-state index in [0.29, 0.717) is 22.6 Å². The molecule has 0 saturated carbocycles. The Morgan fingerprint density at radius 3 is 2.68 bits per heavy atom. The van der Waals surface area contributed by atoms with Crippen molar-refractivity contribution >= 4 is 38.2 Å². The Morgan fingerprint density at radius 2 is 1.89 bits per heavy atom. The van der Waals surface area contributed by atoms with Crippen molar-refractivity contribution in [2.45, 2.75) is 6.92 Å². The third kappa shape index (κ3) is 4.77. The van der Waals surface area contributed by atoms with Crippen LogP contribution in [0.15, 0.2) is 60.8 Å². The minimum absolute atomic E-state index is 0.353. The molecule has 0 radical (unpaired) electrons. The Balaban J connectivity index is 1.69. The zero-order valence-electron chi connectivity index (χ0n) is 15.5. The van der Waals surface area contributed by atoms with Crippen LogP contribution in [0.4, 0.5) is 11.4 Å². The summed E-state index contributed by atoms with van der Waals surface area (Å²) in [7, 11) is -2.22. The monoisotopic (exact) mass is 399 g/mol. The lowest BCUT2D eigenvalue weighted by Crippen LogP contribution is -2.30. The van der Waals surface area contributed by atoms with E-state index in [4.69, 9.17) is 4.74 Å². The van der Waals surface area contributed by atoms with Crippen molar-refractivity contribution < 1.29 is 17.9 Å². The molecule has 1 unspecified atom stereocenters. The smallest absolute Gasteiger partial charge is 0.233 e. The lowest BCUT2D eigenvalue weighted by Gasteiger charge is -2.15. The summed E-state index contributed by atoms with van der Waals surface area (Å²) in [4.78, 5) is 16.8. The number of para-hydroxylation sites is 1. The molecule has 0 bridgehead atoms. The first-order valence-electron chi connectivity index (χ1n) is 8.67. The van der Waals surface area contributed by atoms with Crippen LogP contribution in [0, 0.1) is 5.92 Å². The molecule has 7 nitrogen and oxygen atoms in total. The molecule has 3 aromatic rings. The normalized spacial score (nSPS) is 12.4. The number of aromatic nitrogens is 1. The Labute approximate surface area is 163 Å². The van der Waals surface area contributed by atoms with Gasteiger partial charge in [-0.3, -0.25) is 14.5 Å². The first-order valence-corrected chi connectivity index (χ1v) is 10.3. The summed E-state index contributed by atoms with van der Waals surface area (Å²) < 4.78 is 32.4. The number of rotatable bonds is 7. The maximum atomic E-state index is 12.5. The number of carbonyl (C=O) groups is 1. The van der Waals surface area contributed by atoms with Gasteiger partial charge in [0.05, 0.1) is 35.7 Å². The van der Waals surface area contributed by atoms with Crippen LogP contribution in [0.3, 0.4) is 0 Å². The van der Waals surface area contributed by atoms with Gasteiger partial charge in [0, 0.05) is 17.6 Å². The number of benzene rings is 2. The summed E-state index contributed by atoms with van der Waals surface area (Å²) in [5.41, 5.74) is 1.58. The van der Waals surface area contributed by atoms with E-state index in [0.717, 1.165) is 5.39 Å². The van der Waals surface area contributed by atoms with Gasteiger partial charge < -0.3 is 10.1 Å². The molecule has 1 atom stereocenters. The fraction of sp³-hybridized carbons (Fsp3) is 0.200. The van der Waals surface area contributed by atoms with Gasteiger partial charge in [0.25, 0.3) is 0 Å². The maximum Gasteiger partial charge on any atom is 0.233 e. The Hall–Kier alpha value is -3.13. The van der Waals surface area contributed by atoms with E-state index in [1.807, 2.05) is 24.3 Å². The number of carbonyl (C=O) groups excluding carboxylic acids is 1. The topological polar surface area (TPSA) is 97.4 Å². The second-order valence-electron chi connectivity index (χ2n) is 6.39. The number of nitrogens with one attached hydrogen (secondary N) is 2. The number of ether oxygens (including phenoxy) is 1. The molecule has 0 aliphatic carbocycles. The van der Waals surface area contributed by atoms with Gasteiger partial charge in [-0.05, 0) is 24.3 Å². The zero-order chi connectivity index (χ0) is 20.1. The lowest BCUT2D eigenvalue weighted by atomic mass is 10.1. The molecule has 0 aliphatic heterocycles. The number of fused-ring (bicyclic) bond motifs is 1. The number of methoxy groups -OCH3 is 1. The highest BCUT2D eigenvalue weighted by Crippen LogP contribution is 2.22. The van der Waals surface area contributed by atoms with Gasteiger partial charge in [-0.2, -0.15) is 0 Å². The van der Waals surface area contributed by atoms with Crippen LogP contribution in [0.1, 0.15) is 6.92 Å². The molecule has 2 N–H and O–H groups in total. The third-order valence-electron chi connectivity index (χ3n) is 4.15. The van der Waals surface area contributed by atoms with E-state index in [-0.39, 0.29) is 5.75 Å². The van der Waals surface area contributed by atoms with Crippen molar-refractivity contribution in [2.75, 3.05) is 22.9 Å². The molecular weight excluding hydrogens is 378 g/mol. The predicted octanol–water partition coefficient (Wildman–Crippen LogP) is 3.26. The van der Waals surface area contributed by atoms with Gasteiger partial charge in [-0.25, -0.2) is 8.42 Å². The van der Waals surface area contributed by atoms with E-state index >= 15 is 0 Å². The summed E-state index contributed by atoms with van der Waals surface area (Å²) in [5.74, 6) is -0.973. The number of sulfonamides is 1. The molecule has 8 heteroatoms. The van der Waals surface area contributed by atoms with Gasteiger partial charge in [-0.15, -0.1) is 0 Å². The van der Waals surface area contributed by atoms with E-state index < -0.39 is 21.8 Å². The highest BCUT2D eigenvalue weighted by atomic mass is 32.2. The van der Waals surface area contributed by atoms with Crippen LogP contribution in [0.5, 0.6) is 5.75 Å². The average molecular weight is 399 g/mol. The summed E-state index contributed by atoms with van der Waals surface area (Å²) in [6.07, 6.45) is 1.64. The van der Waals surface area contributed by atoms with E-state index in [9.17, 15) is 13.2 Å². The second-order valence-corrected chi connectivity index (χ2v) is 8.15. The van der Waals surface area contributed by atoms with Crippen LogP contribution >= 0.6 is 0 Å². The molecule has 0 spiro atoms. The molecule has 1 aromatic heterocycles. The van der Waals surface area contributed by atoms with Crippen molar-refractivity contribution in [3.05, 3.63) is 60.8 Å². The van der Waals surface area contributed by atoms with Gasteiger partial charge >= 0.3 is 0 Å². The minimum Gasteiger partial charge on any atom is -0.497 e. The number of hydrogen-bond donors (Lipinski definition) is 2. The Kier molecular flexibility index (Phi) is 5.79. The average Bonchev–Trinajstić information content (AvgIpc) is 2.67. The molecule has 0 fully saturated rings. The number of anilines is 2. The second kappa shape index (κ2) is 8.26.